The first-order valence-electron chi connectivity index (χ1n) is 5.23. The molecule has 1 aliphatic rings. The lowest BCUT2D eigenvalue weighted by Gasteiger charge is -2.07. The molecule has 0 aromatic carbocycles. The highest BCUT2D eigenvalue weighted by Crippen LogP contribution is 2.32. The van der Waals surface area contributed by atoms with Gasteiger partial charge in [-0.1, -0.05) is 38.8 Å². The van der Waals surface area contributed by atoms with Crippen LogP contribution in [0.5, 0.6) is 0 Å². The van der Waals surface area contributed by atoms with Crippen molar-refractivity contribution in [2.75, 3.05) is 0 Å². The third-order valence-corrected chi connectivity index (χ3v) is 2.70. The Labute approximate surface area is 76.4 Å². The lowest BCUT2D eigenvalue weighted by Crippen LogP contribution is -1.87. The Kier molecular flexibility index (Phi) is 3.58. The molecular formula is C12H20. The van der Waals surface area contributed by atoms with Gasteiger partial charge in [-0.2, -0.15) is 0 Å². The van der Waals surface area contributed by atoms with Gasteiger partial charge in [-0.05, 0) is 36.8 Å². The lowest BCUT2D eigenvalue weighted by atomic mass is 9.99. The van der Waals surface area contributed by atoms with E-state index < -0.39 is 0 Å². The van der Waals surface area contributed by atoms with E-state index >= 15 is 0 Å². The van der Waals surface area contributed by atoms with Gasteiger partial charge in [0.25, 0.3) is 0 Å². The molecule has 0 aromatic rings. The Hall–Kier alpha value is -0.520. The second kappa shape index (κ2) is 4.49. The smallest absolute Gasteiger partial charge is 0.0127 e. The number of rotatable bonds is 4. The minimum absolute atomic E-state index is 1.22. The van der Waals surface area contributed by atoms with Crippen molar-refractivity contribution in [1.82, 2.24) is 0 Å². The minimum Gasteiger partial charge on any atom is -0.0770 e. The molecule has 0 fully saturated rings. The largest absolute Gasteiger partial charge is 0.0770 e. The van der Waals surface area contributed by atoms with Gasteiger partial charge in [0.1, 0.15) is 0 Å². The highest BCUT2D eigenvalue weighted by atomic mass is 14.2. The molecule has 0 saturated heterocycles. The van der Waals surface area contributed by atoms with Crippen molar-refractivity contribution in [1.29, 1.82) is 0 Å². The summed E-state index contributed by atoms with van der Waals surface area (Å²) < 4.78 is 0. The van der Waals surface area contributed by atoms with Crippen LogP contribution in [0.4, 0.5) is 0 Å². The zero-order valence-corrected chi connectivity index (χ0v) is 8.61. The molecule has 1 aliphatic carbocycles. The zero-order chi connectivity index (χ0) is 8.97. The van der Waals surface area contributed by atoms with E-state index in [0.29, 0.717) is 0 Å². The fraction of sp³-hybridized carbons (Fsp3) is 0.667. The molecule has 0 aromatic heterocycles. The van der Waals surface area contributed by atoms with Crippen LogP contribution >= 0.6 is 0 Å². The average Bonchev–Trinajstić information content (AvgIpc) is 2.47. The molecule has 0 N–H and O–H groups in total. The quantitative estimate of drug-likeness (QED) is 0.583. The molecule has 1 rings (SSSR count). The van der Waals surface area contributed by atoms with E-state index in [4.69, 9.17) is 0 Å². The summed E-state index contributed by atoms with van der Waals surface area (Å²) in [6, 6.07) is 0. The third-order valence-electron chi connectivity index (χ3n) is 2.70. The minimum atomic E-state index is 1.22. The molecule has 0 heterocycles. The van der Waals surface area contributed by atoms with Crippen LogP contribution in [0.15, 0.2) is 22.8 Å². The predicted molar refractivity (Wildman–Crippen MR) is 55.2 cm³/mol. The maximum absolute atomic E-state index is 2.42. The molecule has 0 spiro atoms. The van der Waals surface area contributed by atoms with Gasteiger partial charge in [0.05, 0.1) is 0 Å². The molecular weight excluding hydrogens is 144 g/mol. The monoisotopic (exact) mass is 164 g/mol. The van der Waals surface area contributed by atoms with Crippen LogP contribution < -0.4 is 0 Å². The molecule has 0 saturated carbocycles. The highest BCUT2D eigenvalue weighted by Gasteiger charge is 2.13. The normalized spacial score (nSPS) is 17.1. The number of allylic oxidation sites excluding steroid dienone is 4. The standard InChI is InChI=1S/C12H20/c1-4-7-11-9-8-10(5-2)12(11)6-3/h8H,4-7,9H2,1-3H3. The van der Waals surface area contributed by atoms with Gasteiger partial charge in [-0.15, -0.1) is 0 Å². The molecule has 68 valence electrons. The van der Waals surface area contributed by atoms with Crippen LogP contribution in [0.1, 0.15) is 52.9 Å². The summed E-state index contributed by atoms with van der Waals surface area (Å²) in [6.45, 7) is 6.81. The second-order valence-corrected chi connectivity index (χ2v) is 3.47. The van der Waals surface area contributed by atoms with Crippen molar-refractivity contribution in [3.05, 3.63) is 22.8 Å². The molecule has 12 heavy (non-hydrogen) atoms. The first-order valence-corrected chi connectivity index (χ1v) is 5.23. The van der Waals surface area contributed by atoms with E-state index in [1.807, 2.05) is 0 Å². The van der Waals surface area contributed by atoms with Crippen LogP contribution in [-0.2, 0) is 0 Å². The Morgan fingerprint density at radius 2 is 1.92 bits per heavy atom. The summed E-state index contributed by atoms with van der Waals surface area (Å²) in [5.74, 6) is 0. The van der Waals surface area contributed by atoms with Crippen molar-refractivity contribution in [2.45, 2.75) is 52.9 Å². The van der Waals surface area contributed by atoms with Crippen molar-refractivity contribution in [3.8, 4) is 0 Å². The topological polar surface area (TPSA) is 0 Å². The Bertz CT molecular complexity index is 206. The first-order chi connectivity index (χ1) is 5.83. The van der Waals surface area contributed by atoms with E-state index in [1.54, 1.807) is 16.7 Å². The van der Waals surface area contributed by atoms with Gasteiger partial charge < -0.3 is 0 Å². The van der Waals surface area contributed by atoms with Gasteiger partial charge in [0.15, 0.2) is 0 Å². The van der Waals surface area contributed by atoms with E-state index in [1.165, 1.54) is 32.1 Å². The van der Waals surface area contributed by atoms with Gasteiger partial charge in [-0.25, -0.2) is 0 Å². The summed E-state index contributed by atoms with van der Waals surface area (Å²) in [6.07, 6.45) is 8.71. The average molecular weight is 164 g/mol. The summed E-state index contributed by atoms with van der Waals surface area (Å²) in [4.78, 5) is 0. The van der Waals surface area contributed by atoms with Gasteiger partial charge in [0, 0.05) is 0 Å². The molecule has 0 radical (unpaired) electrons. The fourth-order valence-electron chi connectivity index (χ4n) is 2.11. The Balaban J connectivity index is 2.73. The summed E-state index contributed by atoms with van der Waals surface area (Å²) in [7, 11) is 0. The molecule has 0 atom stereocenters. The number of hydrogen-bond donors (Lipinski definition) is 0. The first kappa shape index (κ1) is 9.57. The van der Waals surface area contributed by atoms with Crippen LogP contribution in [0.2, 0.25) is 0 Å². The SMILES string of the molecule is CCCC1=C(CC)C(CC)=CC1. The summed E-state index contributed by atoms with van der Waals surface area (Å²) in [5, 5.41) is 0. The van der Waals surface area contributed by atoms with Crippen molar-refractivity contribution in [2.24, 2.45) is 0 Å². The van der Waals surface area contributed by atoms with Crippen LogP contribution in [0.3, 0.4) is 0 Å². The van der Waals surface area contributed by atoms with E-state index in [9.17, 15) is 0 Å². The Morgan fingerprint density at radius 3 is 2.42 bits per heavy atom. The van der Waals surface area contributed by atoms with Crippen LogP contribution in [-0.4, -0.2) is 0 Å². The predicted octanol–water partition coefficient (Wildman–Crippen LogP) is 4.23. The molecule has 0 amide bonds. The fourth-order valence-corrected chi connectivity index (χ4v) is 2.11. The van der Waals surface area contributed by atoms with E-state index in [0.717, 1.165) is 0 Å². The van der Waals surface area contributed by atoms with Crippen LogP contribution in [0.25, 0.3) is 0 Å². The maximum atomic E-state index is 2.42. The number of hydrogen-bond acceptors (Lipinski definition) is 0. The van der Waals surface area contributed by atoms with E-state index in [-0.39, 0.29) is 0 Å². The molecule has 0 heteroatoms. The molecule has 0 aliphatic heterocycles. The zero-order valence-electron chi connectivity index (χ0n) is 8.61. The third kappa shape index (κ3) is 1.80. The highest BCUT2D eigenvalue weighted by molar-refractivity contribution is 5.42. The van der Waals surface area contributed by atoms with Gasteiger partial charge in [-0.3, -0.25) is 0 Å². The van der Waals surface area contributed by atoms with Crippen molar-refractivity contribution < 1.29 is 0 Å². The van der Waals surface area contributed by atoms with Crippen molar-refractivity contribution in [3.63, 3.8) is 0 Å². The van der Waals surface area contributed by atoms with Gasteiger partial charge in [0.2, 0.25) is 0 Å². The second-order valence-electron chi connectivity index (χ2n) is 3.47. The van der Waals surface area contributed by atoms with Crippen molar-refractivity contribution >= 4 is 0 Å². The molecule has 0 nitrogen and oxygen atoms in total. The lowest BCUT2D eigenvalue weighted by molar-refractivity contribution is 0.866. The maximum Gasteiger partial charge on any atom is -0.0127 e. The summed E-state index contributed by atoms with van der Waals surface area (Å²) in [5.41, 5.74) is 4.98. The Morgan fingerprint density at radius 1 is 1.17 bits per heavy atom. The van der Waals surface area contributed by atoms with Gasteiger partial charge >= 0.3 is 0 Å². The van der Waals surface area contributed by atoms with E-state index in [2.05, 4.69) is 26.8 Å². The molecule has 0 unspecified atom stereocenters. The van der Waals surface area contributed by atoms with Crippen LogP contribution in [0, 0.1) is 0 Å². The summed E-state index contributed by atoms with van der Waals surface area (Å²) >= 11 is 0. The molecule has 0 bridgehead atoms.